The molecule has 406 valence electrons. The highest BCUT2D eigenvalue weighted by Gasteiger charge is 2.16. The van der Waals surface area contributed by atoms with Crippen LogP contribution < -0.4 is 26.6 Å². The van der Waals surface area contributed by atoms with Gasteiger partial charge in [-0.1, -0.05) is 139 Å². The van der Waals surface area contributed by atoms with Crippen LogP contribution in [0.1, 0.15) is 76.3 Å². The number of nitrogens with one attached hydrogen (secondary N) is 5. The molecule has 0 unspecified atom stereocenters. The average molecular weight is 1100 g/mol. The van der Waals surface area contributed by atoms with Crippen LogP contribution in [-0.2, 0) is 0 Å². The van der Waals surface area contributed by atoms with Gasteiger partial charge in [0, 0.05) is 40.6 Å². The van der Waals surface area contributed by atoms with E-state index in [1.807, 2.05) is 143 Å². The van der Waals surface area contributed by atoms with E-state index >= 15 is 0 Å². The molecule has 0 aliphatic carbocycles. The Kier molecular flexibility index (Phi) is 17.6. The predicted octanol–water partition coefficient (Wildman–Crippen LogP) is 13.8. The number of rotatable bonds is 15. The van der Waals surface area contributed by atoms with Crippen LogP contribution in [0.4, 0.5) is 28.8 Å². The Morgan fingerprint density at radius 2 is 0.805 bits per heavy atom. The van der Waals surface area contributed by atoms with Crippen LogP contribution in [0.3, 0.4) is 0 Å². The summed E-state index contributed by atoms with van der Waals surface area (Å²) in [7, 11) is 0. The molecule has 0 bridgehead atoms. The molecule has 17 nitrogen and oxygen atoms in total. The quantitative estimate of drug-likeness (QED) is 0.0648. The number of carbonyl (C=O) groups is 2. The summed E-state index contributed by atoms with van der Waals surface area (Å²) < 4.78 is 3.69. The number of hydrogen-bond acceptors (Lipinski definition) is 13. The third kappa shape index (κ3) is 14.1. The number of amides is 2. The van der Waals surface area contributed by atoms with E-state index in [9.17, 15) is 9.59 Å². The molecule has 82 heavy (non-hydrogen) atoms. The maximum atomic E-state index is 12.8. The predicted molar refractivity (Wildman–Crippen MR) is 325 cm³/mol. The number of halogens is 1. The van der Waals surface area contributed by atoms with Crippen molar-refractivity contribution in [1.82, 2.24) is 49.0 Å². The second-order valence-corrected chi connectivity index (χ2v) is 19.2. The first kappa shape index (κ1) is 54.7. The van der Waals surface area contributed by atoms with E-state index in [2.05, 4.69) is 114 Å². The number of fused-ring (bicyclic) bond motifs is 2. The second-order valence-electron chi connectivity index (χ2n) is 18.9. The SMILES string of the molecule is C[C@H](Nc1cncc(-n2cnc3cc(C(=O)Nc4ccccc4)ccc32)n1)c1ccccc1.C[C@H](Nc1cncc(-n2cnc3ccc(C(=O)Nc4ccccc4)cc32)n1)c1ccccc1.C[C@H](Nc1cncc(Cl)n1)c1ccccc1. The molecule has 5 heterocycles. The average Bonchev–Trinajstić information content (AvgIpc) is 4.38. The van der Waals surface area contributed by atoms with Gasteiger partial charge < -0.3 is 26.6 Å². The molecule has 12 rings (SSSR count). The van der Waals surface area contributed by atoms with Crippen molar-refractivity contribution in [3.8, 4) is 11.6 Å². The van der Waals surface area contributed by atoms with Crippen molar-refractivity contribution >= 4 is 74.3 Å². The van der Waals surface area contributed by atoms with Crippen molar-refractivity contribution in [1.29, 1.82) is 0 Å². The van der Waals surface area contributed by atoms with Crippen molar-refractivity contribution in [3.05, 3.63) is 271 Å². The molecule has 0 fully saturated rings. The van der Waals surface area contributed by atoms with Crippen LogP contribution in [0, 0.1) is 0 Å². The fourth-order valence-electron chi connectivity index (χ4n) is 8.75. The lowest BCUT2D eigenvalue weighted by atomic mass is 10.1. The summed E-state index contributed by atoms with van der Waals surface area (Å²) >= 11 is 5.76. The van der Waals surface area contributed by atoms with Crippen LogP contribution >= 0.6 is 11.6 Å². The lowest BCUT2D eigenvalue weighted by molar-refractivity contribution is 0.101. The number of benzene rings is 7. The Bertz CT molecular complexity index is 4040. The molecule has 0 spiro atoms. The molecular weight excluding hydrogens is 1050 g/mol. The minimum Gasteiger partial charge on any atom is -0.362 e. The largest absolute Gasteiger partial charge is 0.362 e. The zero-order chi connectivity index (χ0) is 56.6. The molecule has 18 heteroatoms. The third-order valence-electron chi connectivity index (χ3n) is 13.0. The lowest BCUT2D eigenvalue weighted by Gasteiger charge is -2.15. The summed E-state index contributed by atoms with van der Waals surface area (Å²) in [6.07, 6.45) is 13.3. The molecule has 0 saturated carbocycles. The number of carbonyl (C=O) groups excluding carboxylic acids is 2. The molecule has 5 N–H and O–H groups in total. The number of imidazole rings is 2. The first-order chi connectivity index (χ1) is 40.1. The number of anilines is 5. The van der Waals surface area contributed by atoms with Gasteiger partial charge in [0.2, 0.25) is 0 Å². The zero-order valence-corrected chi connectivity index (χ0v) is 45.7. The first-order valence-corrected chi connectivity index (χ1v) is 26.7. The van der Waals surface area contributed by atoms with E-state index in [1.54, 1.807) is 61.8 Å². The van der Waals surface area contributed by atoms with Gasteiger partial charge in [-0.2, -0.15) is 0 Å². The van der Waals surface area contributed by atoms with Gasteiger partial charge in [0.25, 0.3) is 11.8 Å². The first-order valence-electron chi connectivity index (χ1n) is 26.3. The van der Waals surface area contributed by atoms with Gasteiger partial charge in [-0.3, -0.25) is 33.7 Å². The third-order valence-corrected chi connectivity index (χ3v) is 13.2. The maximum absolute atomic E-state index is 12.8. The van der Waals surface area contributed by atoms with Crippen LogP contribution in [0.15, 0.2) is 238 Å². The molecule has 2 amide bonds. The standard InChI is InChI=1S/2C26H22N6O.C12H12ClN3/c1-18(19-8-4-2-5-9-19)29-24-15-27-16-25(31-24)32-17-28-22-14-20(12-13-23(22)32)26(33)30-21-10-6-3-7-11-21;1-18(19-8-4-2-5-9-19)29-24-15-27-16-25(31-24)32-17-28-22-13-12-20(14-23(22)32)26(33)30-21-10-6-3-7-11-21;1-9(10-5-3-2-4-6-10)15-12-8-14-7-11(13)16-12/h2*2-18H,1H3,(H,29,31)(H,30,33);2-9H,1H3,(H,15,16)/t2*18-;9-/m000/s1. The summed E-state index contributed by atoms with van der Waals surface area (Å²) in [6.45, 7) is 6.23. The highest BCUT2D eigenvalue weighted by atomic mass is 35.5. The van der Waals surface area contributed by atoms with E-state index in [0.29, 0.717) is 50.9 Å². The van der Waals surface area contributed by atoms with Crippen molar-refractivity contribution in [3.63, 3.8) is 0 Å². The normalized spacial score (nSPS) is 11.9. The Morgan fingerprint density at radius 3 is 1.27 bits per heavy atom. The van der Waals surface area contributed by atoms with Gasteiger partial charge >= 0.3 is 0 Å². The van der Waals surface area contributed by atoms with Crippen molar-refractivity contribution in [2.24, 2.45) is 0 Å². The number of nitrogens with zero attached hydrogens (tertiary/aromatic N) is 10. The van der Waals surface area contributed by atoms with Crippen molar-refractivity contribution in [2.45, 2.75) is 38.9 Å². The van der Waals surface area contributed by atoms with Gasteiger partial charge in [-0.05, 0) is 98.1 Å². The van der Waals surface area contributed by atoms with Crippen LogP contribution in [-0.4, -0.2) is 60.8 Å². The molecule has 0 aliphatic heterocycles. The monoisotopic (exact) mass is 1100 g/mol. The van der Waals surface area contributed by atoms with Gasteiger partial charge in [-0.25, -0.2) is 24.9 Å². The zero-order valence-electron chi connectivity index (χ0n) is 44.9. The van der Waals surface area contributed by atoms with E-state index in [-0.39, 0.29) is 29.9 Å². The lowest BCUT2D eigenvalue weighted by Crippen LogP contribution is -2.12. The number of para-hydroxylation sites is 2. The Hall–Kier alpha value is -10.7. The Balaban J connectivity index is 0.000000146. The molecule has 5 aromatic heterocycles. The Morgan fingerprint density at radius 1 is 0.415 bits per heavy atom. The highest BCUT2D eigenvalue weighted by Crippen LogP contribution is 2.25. The molecule has 0 aliphatic rings. The van der Waals surface area contributed by atoms with Gasteiger partial charge in [0.05, 0.1) is 59.2 Å². The fraction of sp³-hybridized carbons (Fsp3) is 0.0938. The summed E-state index contributed by atoms with van der Waals surface area (Å²) in [6, 6.07) is 60.4. The summed E-state index contributed by atoms with van der Waals surface area (Å²) in [5, 5.41) is 16.2. The van der Waals surface area contributed by atoms with Crippen molar-refractivity contribution < 1.29 is 9.59 Å². The minimum atomic E-state index is -0.186. The second kappa shape index (κ2) is 26.3. The van der Waals surface area contributed by atoms with Gasteiger partial charge in [-0.15, -0.1) is 0 Å². The van der Waals surface area contributed by atoms with Crippen molar-refractivity contribution in [2.75, 3.05) is 26.6 Å². The fourth-order valence-corrected chi connectivity index (χ4v) is 8.90. The van der Waals surface area contributed by atoms with Gasteiger partial charge in [0.15, 0.2) is 11.6 Å². The maximum Gasteiger partial charge on any atom is 0.255 e. The minimum absolute atomic E-state index is 0.0727. The summed E-state index contributed by atoms with van der Waals surface area (Å²) in [5.74, 6) is 2.90. The summed E-state index contributed by atoms with van der Waals surface area (Å²) in [5.41, 5.74) is 9.17. The molecule has 7 aromatic carbocycles. The van der Waals surface area contributed by atoms with E-state index in [4.69, 9.17) is 21.6 Å². The van der Waals surface area contributed by atoms with Crippen LogP contribution in [0.2, 0.25) is 5.15 Å². The molecule has 0 radical (unpaired) electrons. The topological polar surface area (TPSA) is 207 Å². The smallest absolute Gasteiger partial charge is 0.255 e. The number of aromatic nitrogens is 10. The number of hydrogen-bond donors (Lipinski definition) is 5. The van der Waals surface area contributed by atoms with E-state index in [0.717, 1.165) is 33.5 Å². The molecule has 3 atom stereocenters. The molecular formula is C64H56ClN15O2. The van der Waals surface area contributed by atoms with Gasteiger partial charge in [0.1, 0.15) is 35.3 Å². The van der Waals surface area contributed by atoms with Crippen LogP contribution in [0.5, 0.6) is 0 Å². The highest BCUT2D eigenvalue weighted by molar-refractivity contribution is 6.29. The molecule has 0 saturated heterocycles. The Labute approximate surface area is 478 Å². The summed E-state index contributed by atoms with van der Waals surface area (Å²) in [4.78, 5) is 60.6. The van der Waals surface area contributed by atoms with E-state index in [1.165, 1.54) is 17.3 Å². The van der Waals surface area contributed by atoms with E-state index < -0.39 is 0 Å². The molecule has 12 aromatic rings. The van der Waals surface area contributed by atoms with Crippen LogP contribution in [0.25, 0.3) is 33.7 Å².